The number of rotatable bonds is 7. The summed E-state index contributed by atoms with van der Waals surface area (Å²) in [5.41, 5.74) is 6.29. The molecule has 2 rings (SSSR count). The highest BCUT2D eigenvalue weighted by Crippen LogP contribution is 2.28. The number of thioether (sulfide) groups is 1. The molecule has 2 aromatic rings. The Bertz CT molecular complexity index is 869. The van der Waals surface area contributed by atoms with Crippen molar-refractivity contribution in [1.29, 1.82) is 0 Å². The van der Waals surface area contributed by atoms with Gasteiger partial charge in [-0.25, -0.2) is 5.43 Å². The summed E-state index contributed by atoms with van der Waals surface area (Å²) < 4.78 is 11.7. The number of ether oxygens (including phenoxy) is 2. The highest BCUT2D eigenvalue weighted by Gasteiger charge is 2.10. The first-order valence-electron chi connectivity index (χ1n) is 8.30. The van der Waals surface area contributed by atoms with Crippen LogP contribution in [0.5, 0.6) is 11.5 Å². The van der Waals surface area contributed by atoms with Crippen molar-refractivity contribution in [3.05, 3.63) is 51.5 Å². The van der Waals surface area contributed by atoms with Gasteiger partial charge in [-0.05, 0) is 62.2 Å². The Hall–Kier alpha value is -1.99. The topological polar surface area (TPSA) is 59.9 Å². The quantitative estimate of drug-likeness (QED) is 0.376. The Labute approximate surface area is 172 Å². The second kappa shape index (κ2) is 9.80. The Balaban J connectivity index is 2.03. The predicted molar refractivity (Wildman–Crippen MR) is 114 cm³/mol. The van der Waals surface area contributed by atoms with Crippen LogP contribution in [0.3, 0.4) is 0 Å². The maximum absolute atomic E-state index is 12.2. The molecule has 0 aliphatic carbocycles. The summed E-state index contributed by atoms with van der Waals surface area (Å²) in [5, 5.41) is 4.21. The van der Waals surface area contributed by atoms with Crippen LogP contribution in [0.4, 0.5) is 0 Å². The fourth-order valence-corrected chi connectivity index (χ4v) is 3.74. The van der Waals surface area contributed by atoms with E-state index in [4.69, 9.17) is 9.47 Å². The molecule has 1 N–H and O–H groups in total. The fraction of sp³-hybridized carbons (Fsp3) is 0.300. The van der Waals surface area contributed by atoms with Gasteiger partial charge in [0.25, 0.3) is 0 Å². The summed E-state index contributed by atoms with van der Waals surface area (Å²) in [7, 11) is 3.19. The zero-order valence-corrected chi connectivity index (χ0v) is 18.5. The Morgan fingerprint density at radius 2 is 1.89 bits per heavy atom. The molecule has 0 atom stereocenters. The van der Waals surface area contributed by atoms with Crippen molar-refractivity contribution in [3.63, 3.8) is 0 Å². The number of hydrogen-bond acceptors (Lipinski definition) is 5. The van der Waals surface area contributed by atoms with Crippen LogP contribution in [0, 0.1) is 13.8 Å². The molecule has 27 heavy (non-hydrogen) atoms. The molecular weight excluding hydrogens is 428 g/mol. The van der Waals surface area contributed by atoms with Crippen LogP contribution in [-0.4, -0.2) is 31.6 Å². The highest BCUT2D eigenvalue weighted by atomic mass is 79.9. The van der Waals surface area contributed by atoms with Gasteiger partial charge in [0.1, 0.15) is 11.5 Å². The normalized spacial score (nSPS) is 11.3. The summed E-state index contributed by atoms with van der Waals surface area (Å²) in [6, 6.07) is 9.59. The third kappa shape index (κ3) is 5.74. The molecule has 0 aliphatic rings. The van der Waals surface area contributed by atoms with Crippen LogP contribution in [0.15, 0.2) is 44.8 Å². The van der Waals surface area contributed by atoms with Crippen molar-refractivity contribution in [2.45, 2.75) is 25.7 Å². The lowest BCUT2D eigenvalue weighted by Crippen LogP contribution is -2.21. The smallest absolute Gasteiger partial charge is 0.250 e. The average Bonchev–Trinajstić information content (AvgIpc) is 2.67. The SMILES string of the molecule is COc1ccc(OC)c(C(C)=NNC(=O)CSc2cc(C)c(Br)cc2C)c1. The number of halogens is 1. The Morgan fingerprint density at radius 1 is 1.15 bits per heavy atom. The van der Waals surface area contributed by atoms with Gasteiger partial charge >= 0.3 is 0 Å². The number of benzene rings is 2. The second-order valence-corrected chi connectivity index (χ2v) is 7.83. The maximum Gasteiger partial charge on any atom is 0.250 e. The van der Waals surface area contributed by atoms with E-state index in [0.717, 1.165) is 26.1 Å². The van der Waals surface area contributed by atoms with Crippen molar-refractivity contribution in [3.8, 4) is 11.5 Å². The minimum absolute atomic E-state index is 0.166. The van der Waals surface area contributed by atoms with Gasteiger partial charge in [-0.2, -0.15) is 5.10 Å². The first-order chi connectivity index (χ1) is 12.8. The highest BCUT2D eigenvalue weighted by molar-refractivity contribution is 9.10. The molecule has 0 bridgehead atoms. The summed E-state index contributed by atoms with van der Waals surface area (Å²) in [4.78, 5) is 13.3. The zero-order valence-electron chi connectivity index (χ0n) is 16.1. The molecule has 0 spiro atoms. The Morgan fingerprint density at radius 3 is 2.56 bits per heavy atom. The number of amides is 1. The van der Waals surface area contributed by atoms with Gasteiger partial charge in [-0.1, -0.05) is 15.9 Å². The van der Waals surface area contributed by atoms with Gasteiger partial charge in [0.2, 0.25) is 5.91 Å². The zero-order chi connectivity index (χ0) is 20.0. The Kier molecular flexibility index (Phi) is 7.74. The van der Waals surface area contributed by atoms with E-state index in [2.05, 4.69) is 38.6 Å². The first-order valence-corrected chi connectivity index (χ1v) is 10.1. The molecule has 144 valence electrons. The molecule has 5 nitrogen and oxygen atoms in total. The molecule has 0 aliphatic heterocycles. The number of methoxy groups -OCH3 is 2. The van der Waals surface area contributed by atoms with Crippen LogP contribution >= 0.6 is 27.7 Å². The lowest BCUT2D eigenvalue weighted by atomic mass is 10.1. The summed E-state index contributed by atoms with van der Waals surface area (Å²) in [5.74, 6) is 1.49. The number of carbonyl (C=O) groups excluding carboxylic acids is 1. The maximum atomic E-state index is 12.2. The number of aryl methyl sites for hydroxylation is 2. The molecule has 7 heteroatoms. The molecule has 0 aromatic heterocycles. The van der Waals surface area contributed by atoms with E-state index in [9.17, 15) is 4.79 Å². The van der Waals surface area contributed by atoms with E-state index >= 15 is 0 Å². The third-order valence-corrected chi connectivity index (χ3v) is 5.97. The molecular formula is C20H23BrN2O3S. The minimum atomic E-state index is -0.166. The van der Waals surface area contributed by atoms with Gasteiger partial charge in [0.05, 0.1) is 25.7 Å². The lowest BCUT2D eigenvalue weighted by molar-refractivity contribution is -0.118. The van der Waals surface area contributed by atoms with E-state index in [0.29, 0.717) is 17.2 Å². The summed E-state index contributed by atoms with van der Waals surface area (Å²) in [6.45, 7) is 5.87. The summed E-state index contributed by atoms with van der Waals surface area (Å²) >= 11 is 5.01. The standard InChI is InChI=1S/C20H23BrN2O3S/c1-12-9-19(13(2)8-17(12)21)27-11-20(24)23-22-14(3)16-10-15(25-4)6-7-18(16)26-5/h6-10H,11H2,1-5H3,(H,23,24). The van der Waals surface area contributed by atoms with Crippen LogP contribution in [0.2, 0.25) is 0 Å². The number of hydrazone groups is 1. The summed E-state index contributed by atoms with van der Waals surface area (Å²) in [6.07, 6.45) is 0. The second-order valence-electron chi connectivity index (χ2n) is 5.95. The molecule has 0 unspecified atom stereocenters. The van der Waals surface area contributed by atoms with Crippen LogP contribution in [-0.2, 0) is 4.79 Å². The van der Waals surface area contributed by atoms with Crippen LogP contribution in [0.1, 0.15) is 23.6 Å². The van der Waals surface area contributed by atoms with E-state index in [1.165, 1.54) is 11.8 Å². The van der Waals surface area contributed by atoms with E-state index in [1.54, 1.807) is 14.2 Å². The monoisotopic (exact) mass is 450 g/mol. The van der Waals surface area contributed by atoms with Crippen molar-refractivity contribution in [1.82, 2.24) is 5.43 Å². The van der Waals surface area contributed by atoms with Gasteiger partial charge < -0.3 is 9.47 Å². The molecule has 0 radical (unpaired) electrons. The number of nitrogens with one attached hydrogen (secondary N) is 1. The molecule has 0 fully saturated rings. The van der Waals surface area contributed by atoms with Gasteiger partial charge in [0, 0.05) is 14.9 Å². The number of hydrogen-bond donors (Lipinski definition) is 1. The first kappa shape index (κ1) is 21.3. The van der Waals surface area contributed by atoms with Gasteiger partial charge in [-0.15, -0.1) is 11.8 Å². The molecule has 0 saturated heterocycles. The molecule has 2 aromatic carbocycles. The molecule has 0 saturated carbocycles. The van der Waals surface area contributed by atoms with Crippen molar-refractivity contribution >= 4 is 39.3 Å². The largest absolute Gasteiger partial charge is 0.497 e. The molecule has 0 heterocycles. The third-order valence-electron chi connectivity index (χ3n) is 3.96. The van der Waals surface area contributed by atoms with E-state index in [1.807, 2.05) is 39.0 Å². The molecule has 1 amide bonds. The van der Waals surface area contributed by atoms with Crippen molar-refractivity contribution in [2.24, 2.45) is 5.10 Å². The fourth-order valence-electron chi connectivity index (χ4n) is 2.39. The van der Waals surface area contributed by atoms with Crippen molar-refractivity contribution < 1.29 is 14.3 Å². The minimum Gasteiger partial charge on any atom is -0.497 e. The van der Waals surface area contributed by atoms with Crippen LogP contribution < -0.4 is 14.9 Å². The lowest BCUT2D eigenvalue weighted by Gasteiger charge is -2.11. The van der Waals surface area contributed by atoms with E-state index < -0.39 is 0 Å². The van der Waals surface area contributed by atoms with Gasteiger partial charge in [-0.3, -0.25) is 4.79 Å². The van der Waals surface area contributed by atoms with E-state index in [-0.39, 0.29) is 11.7 Å². The predicted octanol–water partition coefficient (Wildman–Crippen LogP) is 4.72. The average molecular weight is 451 g/mol. The van der Waals surface area contributed by atoms with Crippen LogP contribution in [0.25, 0.3) is 0 Å². The van der Waals surface area contributed by atoms with Crippen molar-refractivity contribution in [2.75, 3.05) is 20.0 Å². The number of carbonyl (C=O) groups is 1. The number of nitrogens with zero attached hydrogens (tertiary/aromatic N) is 1. The van der Waals surface area contributed by atoms with Gasteiger partial charge in [0.15, 0.2) is 0 Å².